The number of nitrogens with zero attached hydrogens (tertiary/aromatic N) is 1. The van der Waals surface area contributed by atoms with E-state index in [1.807, 2.05) is 21.1 Å². The number of quaternary nitrogens is 1. The number of unbranched alkanes of at least 4 members (excludes halogenated alkanes) is 8. The summed E-state index contributed by atoms with van der Waals surface area (Å²) < 4.78 is 27.0. The van der Waals surface area contributed by atoms with Crippen molar-refractivity contribution >= 4 is 25.6 Å². The maximum absolute atomic E-state index is 11.8. The summed E-state index contributed by atoms with van der Waals surface area (Å²) in [4.78, 5) is 21.4. The van der Waals surface area contributed by atoms with Crippen LogP contribution in [0.5, 0.6) is 0 Å². The Balaban J connectivity index is 3.62. The predicted octanol–water partition coefficient (Wildman–Crippen LogP) is 4.39. The van der Waals surface area contributed by atoms with E-state index >= 15 is 0 Å². The quantitative estimate of drug-likeness (QED) is 0.0750. The van der Waals surface area contributed by atoms with Gasteiger partial charge in [-0.2, -0.15) is 11.8 Å². The first-order valence-electron chi connectivity index (χ1n) is 12.3. The van der Waals surface area contributed by atoms with Crippen LogP contribution in [0.2, 0.25) is 0 Å². The van der Waals surface area contributed by atoms with Crippen LogP contribution in [-0.4, -0.2) is 85.6 Å². The predicted molar refractivity (Wildman–Crippen MR) is 139 cm³/mol. The molecule has 0 heterocycles. The fourth-order valence-corrected chi connectivity index (χ4v) is 4.22. The largest absolute Gasteiger partial charge is 0.472 e. The topological polar surface area (TPSA) is 102 Å². The normalized spacial score (nSPS) is 14.2. The molecule has 0 aromatic heterocycles. The number of thioether (sulfide) groups is 1. The average Bonchev–Trinajstić information content (AvgIpc) is 2.75. The van der Waals surface area contributed by atoms with Crippen molar-refractivity contribution in [2.24, 2.45) is 0 Å². The van der Waals surface area contributed by atoms with Gasteiger partial charge in [0.25, 0.3) is 0 Å². The molecule has 0 rings (SSSR count). The molecule has 0 saturated carbocycles. The summed E-state index contributed by atoms with van der Waals surface area (Å²) in [5.74, 6) is 7.17. The second-order valence-electron chi connectivity index (χ2n) is 9.33. The molecule has 0 radical (unpaired) electrons. The fourth-order valence-electron chi connectivity index (χ4n) is 2.67. The first-order valence-corrected chi connectivity index (χ1v) is 15.0. The van der Waals surface area contributed by atoms with Gasteiger partial charge in [0.15, 0.2) is 0 Å². The van der Waals surface area contributed by atoms with E-state index < -0.39 is 26.5 Å². The molecule has 8 nitrogen and oxygen atoms in total. The molecule has 0 aromatic rings. The van der Waals surface area contributed by atoms with Crippen LogP contribution in [0.3, 0.4) is 0 Å². The second kappa shape index (κ2) is 20.6. The molecule has 0 aliphatic rings. The molecule has 0 saturated heterocycles. The van der Waals surface area contributed by atoms with Crippen molar-refractivity contribution < 1.29 is 37.6 Å². The Morgan fingerprint density at radius 1 is 0.971 bits per heavy atom. The van der Waals surface area contributed by atoms with Crippen molar-refractivity contribution in [3.05, 3.63) is 0 Å². The van der Waals surface area contributed by atoms with Gasteiger partial charge in [0, 0.05) is 12.8 Å². The lowest BCUT2D eigenvalue weighted by atomic mass is 10.1. The van der Waals surface area contributed by atoms with Gasteiger partial charge in [-0.05, 0) is 25.0 Å². The molecule has 10 heteroatoms. The number of hydrogen-bond acceptors (Lipinski definition) is 7. The van der Waals surface area contributed by atoms with Gasteiger partial charge < -0.3 is 19.2 Å². The number of esters is 1. The van der Waals surface area contributed by atoms with Crippen molar-refractivity contribution in [2.75, 3.05) is 59.0 Å². The molecule has 0 fully saturated rings. The zero-order valence-corrected chi connectivity index (χ0v) is 23.3. The monoisotopic (exact) mass is 524 g/mol. The van der Waals surface area contributed by atoms with E-state index in [1.54, 1.807) is 0 Å². The van der Waals surface area contributed by atoms with Gasteiger partial charge in [0.05, 0.1) is 33.5 Å². The first kappa shape index (κ1) is 33.4. The summed E-state index contributed by atoms with van der Waals surface area (Å²) in [6, 6.07) is 0. The summed E-state index contributed by atoms with van der Waals surface area (Å²) in [6.45, 7) is 2.04. The lowest BCUT2D eigenvalue weighted by Crippen LogP contribution is -2.37. The van der Waals surface area contributed by atoms with E-state index in [0.29, 0.717) is 11.0 Å². The van der Waals surface area contributed by atoms with Crippen LogP contribution in [0.1, 0.15) is 71.1 Å². The number of phosphoric acid groups is 1. The number of likely N-dealkylation sites (N-methyl/N-ethyl adjacent to an activating group) is 1. The first-order chi connectivity index (χ1) is 16.1. The molecule has 0 aromatic carbocycles. The Labute approximate surface area is 211 Å². The third-order valence-electron chi connectivity index (χ3n) is 4.72. The molecular weight excluding hydrogens is 477 g/mol. The maximum atomic E-state index is 11.8. The van der Waals surface area contributed by atoms with Gasteiger partial charge >= 0.3 is 13.8 Å². The Kier molecular flexibility index (Phi) is 20.2. The van der Waals surface area contributed by atoms with Gasteiger partial charge in [-0.1, -0.05) is 39.0 Å². The molecule has 34 heavy (non-hydrogen) atoms. The van der Waals surface area contributed by atoms with Crippen LogP contribution in [0.25, 0.3) is 0 Å². The average molecular weight is 525 g/mol. The highest BCUT2D eigenvalue weighted by Crippen LogP contribution is 2.43. The van der Waals surface area contributed by atoms with Crippen molar-refractivity contribution in [3.8, 4) is 11.8 Å². The van der Waals surface area contributed by atoms with E-state index in [0.717, 1.165) is 44.3 Å². The van der Waals surface area contributed by atoms with E-state index in [9.17, 15) is 19.4 Å². The molecule has 0 bridgehead atoms. The number of carbonyl (C=O) groups excluding carboxylic acids is 1. The molecule has 1 unspecified atom stereocenters. The minimum atomic E-state index is -4.25. The molecule has 2 atom stereocenters. The number of rotatable bonds is 21. The Bertz CT molecular complexity index is 631. The van der Waals surface area contributed by atoms with Crippen molar-refractivity contribution in [1.82, 2.24) is 0 Å². The van der Waals surface area contributed by atoms with Crippen LogP contribution in [-0.2, 0) is 23.1 Å². The summed E-state index contributed by atoms with van der Waals surface area (Å²) in [6.07, 6.45) is 10.3. The zero-order chi connectivity index (χ0) is 25.7. The van der Waals surface area contributed by atoms with Gasteiger partial charge in [0.1, 0.15) is 25.9 Å². The van der Waals surface area contributed by atoms with E-state index in [1.165, 1.54) is 37.4 Å². The number of carbonyl (C=O) groups is 1. The molecular formula is C24H47NO7PS+. The maximum Gasteiger partial charge on any atom is 0.472 e. The second-order valence-corrected chi connectivity index (χ2v) is 11.9. The smallest absolute Gasteiger partial charge is 0.462 e. The van der Waals surface area contributed by atoms with E-state index in [2.05, 4.69) is 18.8 Å². The lowest BCUT2D eigenvalue weighted by molar-refractivity contribution is -0.870. The number of phosphoric ester groups is 1. The van der Waals surface area contributed by atoms with Crippen molar-refractivity contribution in [1.29, 1.82) is 0 Å². The molecule has 0 aliphatic heterocycles. The minimum absolute atomic E-state index is 0.0485. The van der Waals surface area contributed by atoms with Gasteiger partial charge in [-0.25, -0.2) is 4.57 Å². The van der Waals surface area contributed by atoms with Crippen LogP contribution in [0, 0.1) is 11.8 Å². The highest BCUT2D eigenvalue weighted by atomic mass is 32.2. The van der Waals surface area contributed by atoms with Gasteiger partial charge in [-0.15, -0.1) is 11.8 Å². The number of aliphatic hydroxyl groups is 1. The van der Waals surface area contributed by atoms with Gasteiger partial charge in [0.2, 0.25) is 0 Å². The zero-order valence-electron chi connectivity index (χ0n) is 21.6. The third kappa shape index (κ3) is 24.5. The van der Waals surface area contributed by atoms with Crippen LogP contribution in [0.4, 0.5) is 0 Å². The number of ether oxygens (including phenoxy) is 1. The molecule has 0 amide bonds. The van der Waals surface area contributed by atoms with E-state index in [4.69, 9.17) is 13.8 Å². The molecule has 2 N–H and O–H groups in total. The SMILES string of the molecule is CCCCCCC#CCCCCCCSCC(=O)OC[C@@H](O)COP(=O)(O)OCC[N+](C)(C)C. The highest BCUT2D eigenvalue weighted by molar-refractivity contribution is 7.99. The number of aliphatic hydroxyl groups excluding tert-OH is 1. The standard InChI is InChI=1S/C24H46NO7PS/c1-5-6-7-8-9-10-11-12-13-14-15-16-19-34-22-24(27)30-20-23(26)21-32-33(28,29)31-18-17-25(2,3)4/h23,26H,5-9,12-22H2,1-4H3/p+1/t23-/m1/s1. The summed E-state index contributed by atoms with van der Waals surface area (Å²) in [7, 11) is 1.54. The van der Waals surface area contributed by atoms with Crippen molar-refractivity contribution in [3.63, 3.8) is 0 Å². The highest BCUT2D eigenvalue weighted by Gasteiger charge is 2.24. The van der Waals surface area contributed by atoms with Gasteiger partial charge in [-0.3, -0.25) is 13.8 Å². The lowest BCUT2D eigenvalue weighted by Gasteiger charge is -2.24. The molecule has 200 valence electrons. The van der Waals surface area contributed by atoms with Crippen LogP contribution < -0.4 is 0 Å². The fraction of sp³-hybridized carbons (Fsp3) is 0.875. The Morgan fingerprint density at radius 3 is 2.21 bits per heavy atom. The third-order valence-corrected chi connectivity index (χ3v) is 6.73. The Hall–Kier alpha value is -0.590. The Morgan fingerprint density at radius 2 is 1.59 bits per heavy atom. The minimum Gasteiger partial charge on any atom is -0.462 e. The van der Waals surface area contributed by atoms with Crippen LogP contribution in [0.15, 0.2) is 0 Å². The van der Waals surface area contributed by atoms with Crippen LogP contribution >= 0.6 is 19.6 Å². The summed E-state index contributed by atoms with van der Waals surface area (Å²) in [5, 5.41) is 9.80. The van der Waals surface area contributed by atoms with E-state index in [-0.39, 0.29) is 19.0 Å². The molecule has 0 spiro atoms. The number of hydrogen-bond donors (Lipinski definition) is 2. The molecule has 0 aliphatic carbocycles. The summed E-state index contributed by atoms with van der Waals surface area (Å²) in [5.41, 5.74) is 0. The summed E-state index contributed by atoms with van der Waals surface area (Å²) >= 11 is 1.50. The van der Waals surface area contributed by atoms with Crippen molar-refractivity contribution in [2.45, 2.75) is 77.2 Å².